The first-order valence-electron chi connectivity index (χ1n) is 5.95. The van der Waals surface area contributed by atoms with Crippen molar-refractivity contribution in [3.63, 3.8) is 0 Å². The number of rotatable bonds is 3. The lowest BCUT2D eigenvalue weighted by Crippen LogP contribution is -2.21. The minimum atomic E-state index is 0.265. The van der Waals surface area contributed by atoms with Crippen molar-refractivity contribution >= 4 is 28.2 Å². The fourth-order valence-electron chi connectivity index (χ4n) is 2.00. The van der Waals surface area contributed by atoms with Gasteiger partial charge in [-0.15, -0.1) is 0 Å². The van der Waals surface area contributed by atoms with Crippen molar-refractivity contribution in [1.82, 2.24) is 4.98 Å². The fourth-order valence-corrected chi connectivity index (χ4v) is 2.18. The molecule has 1 heterocycles. The molecule has 0 fully saturated rings. The Hall–Kier alpha value is -1.79. The van der Waals surface area contributed by atoms with E-state index in [1.54, 1.807) is 6.07 Å². The van der Waals surface area contributed by atoms with E-state index < -0.39 is 0 Å². The summed E-state index contributed by atoms with van der Waals surface area (Å²) in [4.78, 5) is 6.52. The number of nitrogens with zero attached hydrogens (tertiary/aromatic N) is 3. The average Bonchev–Trinajstić information content (AvgIpc) is 2.39. The zero-order valence-electron chi connectivity index (χ0n) is 10.4. The molecule has 0 aliphatic rings. The second kappa shape index (κ2) is 5.24. The number of hydrogen-bond acceptors (Lipinski definition) is 3. The summed E-state index contributed by atoms with van der Waals surface area (Å²) in [5.74, 6) is 0. The monoisotopic (exact) mass is 259 g/mol. The van der Waals surface area contributed by atoms with Crippen molar-refractivity contribution in [3.8, 4) is 6.07 Å². The lowest BCUT2D eigenvalue weighted by molar-refractivity contribution is 0.867. The molecule has 0 unspecified atom stereocenters. The van der Waals surface area contributed by atoms with Crippen LogP contribution < -0.4 is 4.90 Å². The van der Waals surface area contributed by atoms with Crippen molar-refractivity contribution < 1.29 is 0 Å². The smallest absolute Gasteiger partial charge is 0.147 e. The van der Waals surface area contributed by atoms with Gasteiger partial charge in [-0.3, -0.25) is 0 Å². The molecule has 0 spiro atoms. The van der Waals surface area contributed by atoms with Crippen molar-refractivity contribution in [2.45, 2.75) is 13.8 Å². The number of hydrogen-bond donors (Lipinski definition) is 0. The Kier molecular flexibility index (Phi) is 3.69. The largest absolute Gasteiger partial charge is 0.372 e. The Bertz CT molecular complexity index is 612. The number of nitriles is 1. The molecule has 0 saturated carbocycles. The van der Waals surface area contributed by atoms with Crippen LogP contribution in [0.25, 0.3) is 10.9 Å². The van der Waals surface area contributed by atoms with Crippen LogP contribution in [0.4, 0.5) is 5.69 Å². The van der Waals surface area contributed by atoms with Gasteiger partial charge in [0, 0.05) is 24.2 Å². The maximum Gasteiger partial charge on any atom is 0.147 e. The van der Waals surface area contributed by atoms with Crippen LogP contribution in [0.5, 0.6) is 0 Å². The first kappa shape index (κ1) is 12.7. The van der Waals surface area contributed by atoms with Gasteiger partial charge in [0.15, 0.2) is 0 Å². The fraction of sp³-hybridized carbons (Fsp3) is 0.286. The summed E-state index contributed by atoms with van der Waals surface area (Å²) in [7, 11) is 0. The SMILES string of the molecule is CCN(CC)c1ccc2cc(C#N)c(Cl)nc2c1. The van der Waals surface area contributed by atoms with Crippen LogP contribution in [-0.4, -0.2) is 18.1 Å². The summed E-state index contributed by atoms with van der Waals surface area (Å²) in [6.45, 7) is 6.14. The summed E-state index contributed by atoms with van der Waals surface area (Å²) in [5.41, 5.74) is 2.36. The van der Waals surface area contributed by atoms with Crippen LogP contribution in [0.3, 0.4) is 0 Å². The van der Waals surface area contributed by atoms with Crippen LogP contribution in [0.15, 0.2) is 24.3 Å². The number of anilines is 1. The minimum Gasteiger partial charge on any atom is -0.372 e. The first-order chi connectivity index (χ1) is 8.69. The van der Waals surface area contributed by atoms with E-state index in [1.807, 2.05) is 24.3 Å². The van der Waals surface area contributed by atoms with Gasteiger partial charge in [0.1, 0.15) is 11.2 Å². The molecule has 2 aromatic rings. The highest BCUT2D eigenvalue weighted by atomic mass is 35.5. The zero-order chi connectivity index (χ0) is 13.1. The summed E-state index contributed by atoms with van der Waals surface area (Å²) in [6, 6.07) is 9.85. The zero-order valence-corrected chi connectivity index (χ0v) is 11.2. The van der Waals surface area contributed by atoms with E-state index in [1.165, 1.54) is 0 Å². The van der Waals surface area contributed by atoms with E-state index in [0.717, 1.165) is 29.7 Å². The number of halogens is 1. The standard InChI is InChI=1S/C14H14ClN3/c1-3-18(4-2)12-6-5-10-7-11(9-16)14(15)17-13(10)8-12/h5-8H,3-4H2,1-2H3. The number of benzene rings is 1. The lowest BCUT2D eigenvalue weighted by Gasteiger charge is -2.21. The van der Waals surface area contributed by atoms with E-state index in [9.17, 15) is 0 Å². The van der Waals surface area contributed by atoms with E-state index >= 15 is 0 Å². The Morgan fingerprint density at radius 1 is 1.28 bits per heavy atom. The quantitative estimate of drug-likeness (QED) is 0.791. The van der Waals surface area contributed by atoms with E-state index in [0.29, 0.717) is 5.56 Å². The number of pyridine rings is 1. The molecule has 0 aliphatic carbocycles. The Morgan fingerprint density at radius 3 is 2.61 bits per heavy atom. The van der Waals surface area contributed by atoms with Crippen molar-refractivity contribution in [1.29, 1.82) is 5.26 Å². The minimum absolute atomic E-state index is 0.265. The molecule has 0 saturated heterocycles. The molecule has 18 heavy (non-hydrogen) atoms. The van der Waals surface area contributed by atoms with Crippen LogP contribution in [0.1, 0.15) is 19.4 Å². The van der Waals surface area contributed by atoms with Gasteiger partial charge in [0.05, 0.1) is 11.1 Å². The molecule has 92 valence electrons. The van der Waals surface area contributed by atoms with E-state index in [-0.39, 0.29) is 5.15 Å². The summed E-state index contributed by atoms with van der Waals surface area (Å²) in [6.07, 6.45) is 0. The van der Waals surface area contributed by atoms with Crippen LogP contribution in [0, 0.1) is 11.3 Å². The van der Waals surface area contributed by atoms with Gasteiger partial charge >= 0.3 is 0 Å². The molecule has 0 N–H and O–H groups in total. The van der Waals surface area contributed by atoms with Gasteiger partial charge < -0.3 is 4.90 Å². The van der Waals surface area contributed by atoms with Crippen molar-refractivity contribution in [2.75, 3.05) is 18.0 Å². The highest BCUT2D eigenvalue weighted by Crippen LogP contribution is 2.24. The third kappa shape index (κ3) is 2.25. The van der Waals surface area contributed by atoms with Gasteiger partial charge in [-0.25, -0.2) is 4.98 Å². The number of aromatic nitrogens is 1. The van der Waals surface area contributed by atoms with Crippen molar-refractivity contribution in [3.05, 3.63) is 35.0 Å². The molecule has 1 aromatic heterocycles. The molecule has 0 aliphatic heterocycles. The van der Waals surface area contributed by atoms with Gasteiger partial charge in [-0.1, -0.05) is 17.7 Å². The second-order valence-electron chi connectivity index (χ2n) is 3.99. The van der Waals surface area contributed by atoms with Gasteiger partial charge in [-0.05, 0) is 32.0 Å². The normalized spacial score (nSPS) is 10.3. The summed E-state index contributed by atoms with van der Waals surface area (Å²) >= 11 is 5.96. The molecule has 2 rings (SSSR count). The second-order valence-corrected chi connectivity index (χ2v) is 4.35. The summed E-state index contributed by atoms with van der Waals surface area (Å²) < 4.78 is 0. The maximum absolute atomic E-state index is 8.91. The van der Waals surface area contributed by atoms with E-state index in [4.69, 9.17) is 16.9 Å². The van der Waals surface area contributed by atoms with E-state index in [2.05, 4.69) is 23.7 Å². The molecular weight excluding hydrogens is 246 g/mol. The predicted octanol–water partition coefficient (Wildman–Crippen LogP) is 3.61. The Labute approximate surface area is 112 Å². The number of fused-ring (bicyclic) bond motifs is 1. The molecule has 0 amide bonds. The van der Waals surface area contributed by atoms with Crippen LogP contribution in [0.2, 0.25) is 5.15 Å². The molecule has 4 heteroatoms. The van der Waals surface area contributed by atoms with Gasteiger partial charge in [-0.2, -0.15) is 5.26 Å². The van der Waals surface area contributed by atoms with Crippen molar-refractivity contribution in [2.24, 2.45) is 0 Å². The van der Waals surface area contributed by atoms with Crippen LogP contribution in [-0.2, 0) is 0 Å². The molecule has 3 nitrogen and oxygen atoms in total. The summed E-state index contributed by atoms with van der Waals surface area (Å²) in [5, 5.41) is 10.1. The predicted molar refractivity (Wildman–Crippen MR) is 75.0 cm³/mol. The molecule has 0 atom stereocenters. The topological polar surface area (TPSA) is 39.9 Å². The molecule has 0 radical (unpaired) electrons. The highest BCUT2D eigenvalue weighted by Gasteiger charge is 2.07. The third-order valence-corrected chi connectivity index (χ3v) is 3.29. The first-order valence-corrected chi connectivity index (χ1v) is 6.32. The Morgan fingerprint density at radius 2 is 2.00 bits per heavy atom. The highest BCUT2D eigenvalue weighted by molar-refractivity contribution is 6.31. The molecule has 0 bridgehead atoms. The lowest BCUT2D eigenvalue weighted by atomic mass is 10.1. The van der Waals surface area contributed by atoms with Crippen LogP contribution >= 0.6 is 11.6 Å². The molecular formula is C14H14ClN3. The average molecular weight is 260 g/mol. The third-order valence-electron chi connectivity index (χ3n) is 3.00. The Balaban J connectivity index is 2.56. The molecule has 1 aromatic carbocycles. The van der Waals surface area contributed by atoms with Gasteiger partial charge in [0.2, 0.25) is 0 Å². The maximum atomic E-state index is 8.91. The van der Waals surface area contributed by atoms with Gasteiger partial charge in [0.25, 0.3) is 0 Å².